The molecule has 1 N–H and O–H groups in total. The van der Waals surface area contributed by atoms with E-state index in [1.54, 1.807) is 48.9 Å². The number of nitrogens with one attached hydrogen (secondary N) is 1. The summed E-state index contributed by atoms with van der Waals surface area (Å²) >= 11 is 6.23. The second-order valence-corrected chi connectivity index (χ2v) is 11.6. The highest BCUT2D eigenvalue weighted by atomic mass is 35.5. The molecule has 0 bridgehead atoms. The van der Waals surface area contributed by atoms with Crippen LogP contribution in [-0.4, -0.2) is 59.0 Å². The molecule has 1 aromatic heterocycles. The fraction of sp³-hybridized carbons (Fsp3) is 0.370. The van der Waals surface area contributed by atoms with Crippen LogP contribution in [0.1, 0.15) is 37.6 Å². The monoisotopic (exact) mass is 577 g/mol. The lowest BCUT2D eigenvalue weighted by atomic mass is 10.1. The molecule has 0 unspecified atom stereocenters. The van der Waals surface area contributed by atoms with E-state index in [1.807, 2.05) is 0 Å². The van der Waals surface area contributed by atoms with Crippen LogP contribution in [0.25, 0.3) is 10.9 Å². The lowest BCUT2D eigenvalue weighted by Gasteiger charge is -2.24. The molecule has 2 heterocycles. The van der Waals surface area contributed by atoms with Gasteiger partial charge in [-0.2, -0.15) is 0 Å². The molecule has 39 heavy (non-hydrogen) atoms. The van der Waals surface area contributed by atoms with Crippen LogP contribution in [0.2, 0.25) is 5.02 Å². The van der Waals surface area contributed by atoms with Gasteiger partial charge in [-0.1, -0.05) is 29.8 Å². The highest BCUT2D eigenvalue weighted by Crippen LogP contribution is 2.47. The van der Waals surface area contributed by atoms with Gasteiger partial charge in [-0.3, -0.25) is 18.9 Å². The Balaban J connectivity index is 1.56. The third-order valence-corrected chi connectivity index (χ3v) is 8.72. The summed E-state index contributed by atoms with van der Waals surface area (Å²) in [6.45, 7) is 4.66. The molecule has 2 aromatic carbocycles. The Morgan fingerprint density at radius 2 is 1.82 bits per heavy atom. The summed E-state index contributed by atoms with van der Waals surface area (Å²) < 4.78 is 40.1. The van der Waals surface area contributed by atoms with Gasteiger partial charge in [0, 0.05) is 39.8 Å². The number of para-hydroxylation sites is 1. The van der Waals surface area contributed by atoms with Crippen molar-refractivity contribution in [3.05, 3.63) is 59.2 Å². The van der Waals surface area contributed by atoms with Crippen LogP contribution in [0.3, 0.4) is 0 Å². The normalized spacial score (nSPS) is 17.5. The number of ketones is 1. The predicted molar refractivity (Wildman–Crippen MR) is 148 cm³/mol. The number of hydrogen-bond acceptors (Lipinski definition) is 6. The zero-order chi connectivity index (χ0) is 28.3. The third-order valence-electron chi connectivity index (χ3n) is 6.41. The number of likely N-dealkylation sites (tertiary alicyclic amines) is 1. The van der Waals surface area contributed by atoms with E-state index < -0.39 is 31.6 Å². The van der Waals surface area contributed by atoms with Gasteiger partial charge in [0.05, 0.1) is 25.1 Å². The lowest BCUT2D eigenvalue weighted by molar-refractivity contribution is -0.137. The first-order valence-electron chi connectivity index (χ1n) is 12.6. The van der Waals surface area contributed by atoms with Gasteiger partial charge >= 0.3 is 7.60 Å². The van der Waals surface area contributed by atoms with Gasteiger partial charge in [-0.25, -0.2) is 4.39 Å². The minimum atomic E-state index is -3.68. The standard InChI is InChI=1S/C27H30ClFN3O6P/c1-4-37-39(36,38-5-2)21-11-18(28)10-20(13-21)30-27(35)25-12-19(29)14-32(25)26(34)16-31-15-23(17(3)33)22-8-6-7-9-24(22)31/h6-11,13,15,19,25H,4-5,12,14,16H2,1-3H3,(H,30,35)/t19-,25+/m1/s1. The maximum atomic E-state index is 14.5. The number of fused-ring (bicyclic) bond motifs is 1. The summed E-state index contributed by atoms with van der Waals surface area (Å²) in [5.74, 6) is -1.21. The number of aromatic nitrogens is 1. The van der Waals surface area contributed by atoms with Crippen molar-refractivity contribution in [3.63, 3.8) is 0 Å². The van der Waals surface area contributed by atoms with Crippen LogP contribution in [0, 0.1) is 0 Å². The molecule has 9 nitrogen and oxygen atoms in total. The Kier molecular flexibility index (Phi) is 8.91. The average molecular weight is 578 g/mol. The molecule has 0 radical (unpaired) electrons. The number of carbonyl (C=O) groups excluding carboxylic acids is 3. The Bertz CT molecular complexity index is 1450. The lowest BCUT2D eigenvalue weighted by Crippen LogP contribution is -2.44. The number of halogens is 2. The van der Waals surface area contributed by atoms with Gasteiger partial charge in [0.1, 0.15) is 18.8 Å². The number of amides is 2. The average Bonchev–Trinajstić information content (AvgIpc) is 3.45. The number of nitrogens with zero attached hydrogens (tertiary/aromatic N) is 2. The van der Waals surface area contributed by atoms with Gasteiger partial charge in [0.15, 0.2) is 5.78 Å². The molecule has 2 amide bonds. The SMILES string of the molecule is CCOP(=O)(OCC)c1cc(Cl)cc(NC(=O)[C@@H]2C[C@@H](F)CN2C(=O)Cn2cc(C(C)=O)c3ccccc32)c1. The molecule has 2 atom stereocenters. The van der Waals surface area contributed by atoms with Crippen molar-refractivity contribution < 1.29 is 32.4 Å². The summed E-state index contributed by atoms with van der Waals surface area (Å²) in [5, 5.41) is 3.74. The van der Waals surface area contributed by atoms with Crippen molar-refractivity contribution >= 4 is 58.7 Å². The van der Waals surface area contributed by atoms with Gasteiger partial charge in [-0.05, 0) is 45.0 Å². The summed E-state index contributed by atoms with van der Waals surface area (Å²) in [4.78, 5) is 39.9. The van der Waals surface area contributed by atoms with Crippen LogP contribution in [0.4, 0.5) is 10.1 Å². The fourth-order valence-corrected chi connectivity index (χ4v) is 6.72. The molecular formula is C27H30ClFN3O6P. The topological polar surface area (TPSA) is 107 Å². The van der Waals surface area contributed by atoms with E-state index in [9.17, 15) is 23.3 Å². The van der Waals surface area contributed by atoms with Crippen LogP contribution in [0.5, 0.6) is 0 Å². The number of hydrogen-bond donors (Lipinski definition) is 1. The van der Waals surface area contributed by atoms with E-state index >= 15 is 0 Å². The van der Waals surface area contributed by atoms with E-state index in [2.05, 4.69) is 5.32 Å². The zero-order valence-corrected chi connectivity index (χ0v) is 23.5. The highest BCUT2D eigenvalue weighted by molar-refractivity contribution is 7.62. The number of anilines is 1. The van der Waals surface area contributed by atoms with Crippen LogP contribution >= 0.6 is 19.2 Å². The van der Waals surface area contributed by atoms with Crippen molar-refractivity contribution in [2.75, 3.05) is 25.1 Å². The number of benzene rings is 2. The van der Waals surface area contributed by atoms with Crippen molar-refractivity contribution in [1.29, 1.82) is 0 Å². The molecule has 208 valence electrons. The van der Waals surface area contributed by atoms with Crippen molar-refractivity contribution in [3.8, 4) is 0 Å². The van der Waals surface area contributed by atoms with Crippen LogP contribution in [-0.2, 0) is 29.7 Å². The third kappa shape index (κ3) is 6.25. The molecule has 12 heteroatoms. The summed E-state index contributed by atoms with van der Waals surface area (Å²) in [5.41, 5.74) is 1.37. The minimum Gasteiger partial charge on any atom is -0.337 e. The van der Waals surface area contributed by atoms with E-state index in [4.69, 9.17) is 20.6 Å². The minimum absolute atomic E-state index is 0.132. The first-order valence-corrected chi connectivity index (χ1v) is 14.5. The van der Waals surface area contributed by atoms with E-state index in [0.29, 0.717) is 16.5 Å². The van der Waals surface area contributed by atoms with Crippen molar-refractivity contribution in [1.82, 2.24) is 9.47 Å². The molecule has 0 saturated carbocycles. The van der Waals surface area contributed by atoms with Gasteiger partial charge in [-0.15, -0.1) is 0 Å². The Labute approximate surface area is 230 Å². The number of rotatable bonds is 10. The smallest absolute Gasteiger partial charge is 0.337 e. The second kappa shape index (κ2) is 12.0. The number of alkyl halides is 1. The van der Waals surface area contributed by atoms with Gasteiger partial charge in [0.25, 0.3) is 0 Å². The molecular weight excluding hydrogens is 548 g/mol. The zero-order valence-electron chi connectivity index (χ0n) is 21.9. The van der Waals surface area contributed by atoms with Crippen LogP contribution < -0.4 is 10.6 Å². The Hall–Kier alpha value is -3.04. The van der Waals surface area contributed by atoms with E-state index in [-0.39, 0.29) is 54.5 Å². The second-order valence-electron chi connectivity index (χ2n) is 9.16. The molecule has 1 fully saturated rings. The molecule has 0 aliphatic carbocycles. The number of Topliss-reactive ketones (excluding diaryl/α,β-unsaturated/α-hetero) is 1. The fourth-order valence-electron chi connectivity index (χ4n) is 4.76. The van der Waals surface area contributed by atoms with Gasteiger partial charge < -0.3 is 23.8 Å². The molecule has 3 aromatic rings. The summed E-state index contributed by atoms with van der Waals surface area (Å²) in [6.07, 6.45) is 0.0443. The number of carbonyl (C=O) groups is 3. The van der Waals surface area contributed by atoms with Gasteiger partial charge in [0.2, 0.25) is 11.8 Å². The van der Waals surface area contributed by atoms with Crippen molar-refractivity contribution in [2.24, 2.45) is 0 Å². The Morgan fingerprint density at radius 3 is 2.49 bits per heavy atom. The quantitative estimate of drug-likeness (QED) is 0.269. The maximum absolute atomic E-state index is 14.5. The Morgan fingerprint density at radius 1 is 1.13 bits per heavy atom. The van der Waals surface area contributed by atoms with Crippen molar-refractivity contribution in [2.45, 2.75) is 46.0 Å². The van der Waals surface area contributed by atoms with E-state index in [1.165, 1.54) is 30.0 Å². The predicted octanol–water partition coefficient (Wildman–Crippen LogP) is 4.97. The molecule has 0 spiro atoms. The first kappa shape index (κ1) is 29.0. The molecule has 1 aliphatic rings. The first-order chi connectivity index (χ1) is 18.6. The van der Waals surface area contributed by atoms with Crippen LogP contribution in [0.15, 0.2) is 48.7 Å². The summed E-state index contributed by atoms with van der Waals surface area (Å²) in [7, 11) is -3.68. The maximum Gasteiger partial charge on any atom is 0.361 e. The molecule has 4 rings (SSSR count). The highest BCUT2D eigenvalue weighted by Gasteiger charge is 2.40. The molecule has 1 aliphatic heterocycles. The van der Waals surface area contributed by atoms with E-state index in [0.717, 1.165) is 0 Å². The molecule has 1 saturated heterocycles. The largest absolute Gasteiger partial charge is 0.361 e. The summed E-state index contributed by atoms with van der Waals surface area (Å²) in [6, 6.07) is 10.4.